The van der Waals surface area contributed by atoms with Gasteiger partial charge in [-0.1, -0.05) is 17.7 Å². The number of carbonyl (C=O) groups excluding carboxylic acids is 1. The molecule has 1 saturated heterocycles. The van der Waals surface area contributed by atoms with E-state index in [1.165, 1.54) is 0 Å². The molecule has 0 radical (unpaired) electrons. The van der Waals surface area contributed by atoms with Crippen LogP contribution in [-0.2, 0) is 0 Å². The lowest BCUT2D eigenvalue weighted by molar-refractivity contribution is 0.0661. The number of nitrogens with two attached hydrogens (primary N) is 1. The van der Waals surface area contributed by atoms with Crippen LogP contribution >= 0.6 is 11.6 Å². The first-order valence-electron chi connectivity index (χ1n) is 6.38. The van der Waals surface area contributed by atoms with E-state index in [1.54, 1.807) is 12.1 Å². The minimum atomic E-state index is 0.0582. The van der Waals surface area contributed by atoms with Gasteiger partial charge < -0.3 is 10.6 Å². The maximum Gasteiger partial charge on any atom is 0.253 e. The van der Waals surface area contributed by atoms with Crippen molar-refractivity contribution in [1.29, 1.82) is 0 Å². The van der Waals surface area contributed by atoms with Crippen LogP contribution in [-0.4, -0.2) is 29.9 Å². The molecule has 98 valence electrons. The molecule has 0 spiro atoms. The first-order valence-corrected chi connectivity index (χ1v) is 6.76. The summed E-state index contributed by atoms with van der Waals surface area (Å²) in [6.07, 6.45) is 2.13. The van der Waals surface area contributed by atoms with Crippen molar-refractivity contribution in [3.05, 3.63) is 34.9 Å². The lowest BCUT2D eigenvalue weighted by atomic mass is 9.92. The fraction of sp³-hybridized carbons (Fsp3) is 0.500. The van der Waals surface area contributed by atoms with Gasteiger partial charge in [0.25, 0.3) is 5.91 Å². The third-order valence-electron chi connectivity index (χ3n) is 3.56. The number of carbonyl (C=O) groups is 1. The third-order valence-corrected chi connectivity index (χ3v) is 3.80. The first kappa shape index (κ1) is 13.4. The summed E-state index contributed by atoms with van der Waals surface area (Å²) in [6, 6.07) is 7.25. The smallest absolute Gasteiger partial charge is 0.253 e. The number of hydrogen-bond donors (Lipinski definition) is 1. The first-order chi connectivity index (χ1) is 8.58. The molecule has 1 aliphatic heterocycles. The summed E-state index contributed by atoms with van der Waals surface area (Å²) in [4.78, 5) is 14.2. The average Bonchev–Trinajstić information content (AvgIpc) is 2.38. The van der Waals surface area contributed by atoms with E-state index in [1.807, 2.05) is 24.0 Å². The summed E-state index contributed by atoms with van der Waals surface area (Å²) in [5.74, 6) is 0.463. The van der Waals surface area contributed by atoms with Gasteiger partial charge in [0.2, 0.25) is 0 Å². The second kappa shape index (κ2) is 5.72. The standard InChI is InChI=1S/C14H19ClN2O/c1-10(16)12-5-3-7-17(9-12)14(18)11-4-2-6-13(15)8-11/h2,4,6,8,10,12H,3,5,7,9,16H2,1H3. The summed E-state index contributed by atoms with van der Waals surface area (Å²) in [7, 11) is 0. The van der Waals surface area contributed by atoms with Crippen molar-refractivity contribution in [2.24, 2.45) is 11.7 Å². The minimum Gasteiger partial charge on any atom is -0.338 e. The Labute approximate surface area is 113 Å². The Kier molecular flexibility index (Phi) is 4.25. The van der Waals surface area contributed by atoms with Gasteiger partial charge in [-0.2, -0.15) is 0 Å². The van der Waals surface area contributed by atoms with Crippen molar-refractivity contribution in [1.82, 2.24) is 4.90 Å². The summed E-state index contributed by atoms with van der Waals surface area (Å²) < 4.78 is 0. The predicted octanol–water partition coefficient (Wildman–Crippen LogP) is 2.54. The van der Waals surface area contributed by atoms with Gasteiger partial charge in [0, 0.05) is 29.7 Å². The van der Waals surface area contributed by atoms with E-state index in [0.717, 1.165) is 25.9 Å². The molecule has 18 heavy (non-hydrogen) atoms. The van der Waals surface area contributed by atoms with Crippen molar-refractivity contribution < 1.29 is 4.79 Å². The number of halogens is 1. The zero-order valence-corrected chi connectivity index (χ0v) is 11.4. The molecule has 1 aromatic carbocycles. The fourth-order valence-electron chi connectivity index (χ4n) is 2.43. The quantitative estimate of drug-likeness (QED) is 0.894. The van der Waals surface area contributed by atoms with Crippen LogP contribution in [0.5, 0.6) is 0 Å². The Morgan fingerprint density at radius 1 is 1.56 bits per heavy atom. The largest absolute Gasteiger partial charge is 0.338 e. The normalized spacial score (nSPS) is 21.7. The lowest BCUT2D eigenvalue weighted by Gasteiger charge is -2.34. The Bertz CT molecular complexity index is 434. The number of piperidine rings is 1. The molecule has 2 unspecified atom stereocenters. The molecule has 2 N–H and O–H groups in total. The minimum absolute atomic E-state index is 0.0582. The maximum absolute atomic E-state index is 12.3. The van der Waals surface area contributed by atoms with Crippen LogP contribution in [0, 0.1) is 5.92 Å². The topological polar surface area (TPSA) is 46.3 Å². The zero-order valence-electron chi connectivity index (χ0n) is 10.6. The van der Waals surface area contributed by atoms with Gasteiger partial charge in [-0.3, -0.25) is 4.79 Å². The van der Waals surface area contributed by atoms with E-state index in [2.05, 4.69) is 0 Å². The highest BCUT2D eigenvalue weighted by Gasteiger charge is 2.26. The zero-order chi connectivity index (χ0) is 13.1. The molecule has 4 heteroatoms. The number of benzene rings is 1. The highest BCUT2D eigenvalue weighted by atomic mass is 35.5. The van der Waals surface area contributed by atoms with Gasteiger partial charge in [0.05, 0.1) is 0 Å². The molecule has 0 aliphatic carbocycles. The number of likely N-dealkylation sites (tertiary alicyclic amines) is 1. The third kappa shape index (κ3) is 3.03. The summed E-state index contributed by atoms with van der Waals surface area (Å²) >= 11 is 5.92. The van der Waals surface area contributed by atoms with Crippen LogP contribution in [0.15, 0.2) is 24.3 Å². The van der Waals surface area contributed by atoms with E-state index in [4.69, 9.17) is 17.3 Å². The van der Waals surface area contributed by atoms with Crippen molar-refractivity contribution in [2.45, 2.75) is 25.8 Å². The second-order valence-corrected chi connectivity index (χ2v) is 5.46. The number of amides is 1. The molecule has 1 heterocycles. The number of hydrogen-bond acceptors (Lipinski definition) is 2. The van der Waals surface area contributed by atoms with Gasteiger partial charge >= 0.3 is 0 Å². The van der Waals surface area contributed by atoms with Crippen LogP contribution in [0.3, 0.4) is 0 Å². The Hall–Kier alpha value is -1.06. The van der Waals surface area contributed by atoms with Gasteiger partial charge in [0.1, 0.15) is 0 Å². The van der Waals surface area contributed by atoms with Crippen LogP contribution in [0.2, 0.25) is 5.02 Å². The van der Waals surface area contributed by atoms with Gasteiger partial charge in [0.15, 0.2) is 0 Å². The molecule has 2 rings (SSSR count). The van der Waals surface area contributed by atoms with Crippen LogP contribution in [0.4, 0.5) is 0 Å². The Morgan fingerprint density at radius 2 is 2.33 bits per heavy atom. The van der Waals surface area contributed by atoms with Crippen LogP contribution in [0.25, 0.3) is 0 Å². The molecule has 1 fully saturated rings. The predicted molar refractivity (Wildman–Crippen MR) is 73.7 cm³/mol. The average molecular weight is 267 g/mol. The lowest BCUT2D eigenvalue weighted by Crippen LogP contribution is -2.45. The highest BCUT2D eigenvalue weighted by Crippen LogP contribution is 2.21. The SMILES string of the molecule is CC(N)C1CCCN(C(=O)c2cccc(Cl)c2)C1. The fourth-order valence-corrected chi connectivity index (χ4v) is 2.62. The summed E-state index contributed by atoms with van der Waals surface area (Å²) in [6.45, 7) is 3.58. The Balaban J connectivity index is 2.09. The molecule has 2 atom stereocenters. The number of nitrogens with zero attached hydrogens (tertiary/aromatic N) is 1. The van der Waals surface area contributed by atoms with Crippen molar-refractivity contribution in [3.8, 4) is 0 Å². The molecule has 1 aromatic rings. The van der Waals surface area contributed by atoms with E-state index in [0.29, 0.717) is 16.5 Å². The van der Waals surface area contributed by atoms with Gasteiger partial charge in [-0.05, 0) is 43.9 Å². The monoisotopic (exact) mass is 266 g/mol. The maximum atomic E-state index is 12.3. The van der Waals surface area contributed by atoms with E-state index in [-0.39, 0.29) is 11.9 Å². The highest BCUT2D eigenvalue weighted by molar-refractivity contribution is 6.30. The molecule has 0 saturated carbocycles. The van der Waals surface area contributed by atoms with E-state index >= 15 is 0 Å². The van der Waals surface area contributed by atoms with E-state index in [9.17, 15) is 4.79 Å². The molecule has 1 aliphatic rings. The molecular weight excluding hydrogens is 248 g/mol. The van der Waals surface area contributed by atoms with E-state index < -0.39 is 0 Å². The van der Waals surface area contributed by atoms with Crippen LogP contribution < -0.4 is 5.73 Å². The number of rotatable bonds is 2. The van der Waals surface area contributed by atoms with Crippen molar-refractivity contribution in [3.63, 3.8) is 0 Å². The second-order valence-electron chi connectivity index (χ2n) is 5.02. The molecule has 0 bridgehead atoms. The molecule has 1 amide bonds. The molecule has 3 nitrogen and oxygen atoms in total. The van der Waals surface area contributed by atoms with Crippen molar-refractivity contribution >= 4 is 17.5 Å². The summed E-state index contributed by atoms with van der Waals surface area (Å²) in [5.41, 5.74) is 6.59. The van der Waals surface area contributed by atoms with Crippen molar-refractivity contribution in [2.75, 3.05) is 13.1 Å². The van der Waals surface area contributed by atoms with Gasteiger partial charge in [-0.25, -0.2) is 0 Å². The molecule has 0 aromatic heterocycles. The Morgan fingerprint density at radius 3 is 3.00 bits per heavy atom. The summed E-state index contributed by atoms with van der Waals surface area (Å²) in [5, 5.41) is 0.599. The van der Waals surface area contributed by atoms with Crippen LogP contribution in [0.1, 0.15) is 30.1 Å². The molecular formula is C14H19ClN2O. The van der Waals surface area contributed by atoms with Gasteiger partial charge in [-0.15, -0.1) is 0 Å².